The van der Waals surface area contributed by atoms with E-state index in [9.17, 15) is 19.5 Å². The van der Waals surface area contributed by atoms with Gasteiger partial charge in [0.1, 0.15) is 5.71 Å². The first-order valence-electron chi connectivity index (χ1n) is 11.5. The monoisotopic (exact) mass is 467 g/mol. The van der Waals surface area contributed by atoms with Gasteiger partial charge in [-0.3, -0.25) is 24.8 Å². The quantitative estimate of drug-likeness (QED) is 0.337. The largest absolute Gasteiger partial charge is 0.494 e. The number of fused-ring (bicyclic) bond motifs is 2. The number of aromatic amines is 1. The van der Waals surface area contributed by atoms with Gasteiger partial charge in [-0.1, -0.05) is 58.0 Å². The Balaban J connectivity index is 1.99. The molecule has 1 aromatic heterocycles. The van der Waals surface area contributed by atoms with Crippen molar-refractivity contribution in [2.24, 2.45) is 0 Å². The van der Waals surface area contributed by atoms with Gasteiger partial charge in [-0.05, 0) is 40.5 Å². The summed E-state index contributed by atoms with van der Waals surface area (Å²) >= 11 is 0. The van der Waals surface area contributed by atoms with E-state index < -0.39 is 22.8 Å². The Labute approximate surface area is 201 Å². The van der Waals surface area contributed by atoms with Crippen LogP contribution in [0.15, 0.2) is 47.3 Å². The van der Waals surface area contributed by atoms with E-state index >= 15 is 0 Å². The minimum Gasteiger partial charge on any atom is -0.494 e. The highest BCUT2D eigenvalue weighted by atomic mass is 16.3. The molecule has 0 fully saturated rings. The van der Waals surface area contributed by atoms with Crippen LogP contribution in [0.3, 0.4) is 0 Å². The first-order valence-corrected chi connectivity index (χ1v) is 11.5. The standard InChI is InChI=1S/C28H25N3O4/c1-12(2)15-8-6-9-16(13(3)4)23(15)30-24-20-18(22(29)25(32)26(24)33)11-14-7-5-10-17-19(14)21(20)28(35)31-27(17)34/h5-13,29-30H,1-4H3,(H2,31,34,35). The van der Waals surface area contributed by atoms with E-state index in [1.807, 2.05) is 45.9 Å². The lowest BCUT2D eigenvalue weighted by Crippen LogP contribution is -2.42. The summed E-state index contributed by atoms with van der Waals surface area (Å²) in [6.45, 7) is 8.18. The van der Waals surface area contributed by atoms with E-state index in [4.69, 9.17) is 5.41 Å². The number of para-hydroxylation sites is 1. The van der Waals surface area contributed by atoms with Gasteiger partial charge >= 0.3 is 0 Å². The molecule has 1 aliphatic carbocycles. The molecule has 0 bridgehead atoms. The predicted octanol–water partition coefficient (Wildman–Crippen LogP) is 4.09. The molecule has 7 heteroatoms. The van der Waals surface area contributed by atoms with Crippen LogP contribution in [0.2, 0.25) is 0 Å². The summed E-state index contributed by atoms with van der Waals surface area (Å²) in [6.07, 6.45) is 0. The Hall–Kier alpha value is -4.26. The van der Waals surface area contributed by atoms with Crippen LogP contribution in [0.1, 0.15) is 56.2 Å². The van der Waals surface area contributed by atoms with E-state index in [1.165, 1.54) is 0 Å². The number of Topliss-reactive ketones (excluding diaryl/α,β-unsaturated/α-hetero) is 2. The highest BCUT2D eigenvalue weighted by molar-refractivity contribution is 6.76. The van der Waals surface area contributed by atoms with Crippen molar-refractivity contribution in [2.45, 2.75) is 39.5 Å². The van der Waals surface area contributed by atoms with Crippen molar-refractivity contribution in [1.82, 2.24) is 4.98 Å². The topological polar surface area (TPSA) is 123 Å². The van der Waals surface area contributed by atoms with Gasteiger partial charge in [-0.25, -0.2) is 0 Å². The molecule has 0 atom stereocenters. The number of nitrogens with one attached hydrogen (secondary N) is 3. The van der Waals surface area contributed by atoms with E-state index in [0.29, 0.717) is 16.2 Å². The number of aromatic hydroxyl groups is 1. The van der Waals surface area contributed by atoms with Crippen LogP contribution in [0.4, 0.5) is 5.69 Å². The van der Waals surface area contributed by atoms with E-state index in [1.54, 1.807) is 24.3 Å². The van der Waals surface area contributed by atoms with Crippen LogP contribution in [0, 0.1) is 5.41 Å². The second kappa shape index (κ2) is 7.91. The molecule has 0 aliphatic heterocycles. The van der Waals surface area contributed by atoms with Crippen molar-refractivity contribution in [3.05, 3.63) is 74.7 Å². The van der Waals surface area contributed by atoms with Crippen LogP contribution in [0.25, 0.3) is 27.2 Å². The molecule has 1 aliphatic rings. The molecule has 1 heterocycles. The molecule has 4 aromatic rings. The lowest BCUT2D eigenvalue weighted by Gasteiger charge is -2.24. The first-order chi connectivity index (χ1) is 16.6. The van der Waals surface area contributed by atoms with Gasteiger partial charge in [-0.2, -0.15) is 0 Å². The number of hydrogen-bond acceptors (Lipinski definition) is 6. The number of anilines is 1. The maximum Gasteiger partial charge on any atom is 0.259 e. The Morgan fingerprint density at radius 3 is 2.14 bits per heavy atom. The molecular weight excluding hydrogens is 442 g/mol. The smallest absolute Gasteiger partial charge is 0.259 e. The lowest BCUT2D eigenvalue weighted by atomic mass is 9.86. The third-order valence-corrected chi connectivity index (χ3v) is 6.68. The molecular formula is C28H25N3O4. The fourth-order valence-corrected chi connectivity index (χ4v) is 4.98. The summed E-state index contributed by atoms with van der Waals surface area (Å²) in [4.78, 5) is 41.9. The zero-order valence-electron chi connectivity index (χ0n) is 19.9. The number of carbonyl (C=O) groups excluding carboxylic acids is 2. The number of H-pyrrole nitrogens is 1. The molecule has 0 spiro atoms. The van der Waals surface area contributed by atoms with E-state index in [2.05, 4.69) is 10.3 Å². The number of benzene rings is 3. The third-order valence-electron chi connectivity index (χ3n) is 6.68. The van der Waals surface area contributed by atoms with Crippen LogP contribution in [-0.2, 0) is 9.59 Å². The maximum absolute atomic E-state index is 13.4. The normalized spacial score (nSPS) is 14.0. The summed E-state index contributed by atoms with van der Waals surface area (Å²) < 4.78 is 0. The molecule has 0 unspecified atom stereocenters. The van der Waals surface area contributed by atoms with Gasteiger partial charge < -0.3 is 10.4 Å². The third kappa shape index (κ3) is 3.26. The Kier molecular flexibility index (Phi) is 5.09. The molecule has 4 N–H and O–H groups in total. The first kappa shape index (κ1) is 22.5. The molecule has 0 radical (unpaired) electrons. The number of carbonyl (C=O) groups is 2. The average Bonchev–Trinajstić information content (AvgIpc) is 2.82. The van der Waals surface area contributed by atoms with Gasteiger partial charge in [0, 0.05) is 27.2 Å². The predicted molar refractivity (Wildman–Crippen MR) is 137 cm³/mol. The Morgan fingerprint density at radius 1 is 0.886 bits per heavy atom. The SMILES string of the molecule is CC(C)c1cccc(C(C)C)c1NC1=c2c(cc3cccc4c(O)[nH]c(=O)c2c34)C(=N)C(=O)C1=O. The summed E-state index contributed by atoms with van der Waals surface area (Å²) in [5, 5.41) is 23.9. The fraction of sp³-hybridized carbons (Fsp3) is 0.214. The number of pyridine rings is 1. The highest BCUT2D eigenvalue weighted by Gasteiger charge is 2.34. The summed E-state index contributed by atoms with van der Waals surface area (Å²) in [6, 6.07) is 12.7. The van der Waals surface area contributed by atoms with Crippen molar-refractivity contribution in [1.29, 1.82) is 5.41 Å². The maximum atomic E-state index is 13.4. The summed E-state index contributed by atoms with van der Waals surface area (Å²) in [7, 11) is 0. The molecule has 176 valence electrons. The minimum atomic E-state index is -0.929. The van der Waals surface area contributed by atoms with Gasteiger partial charge in [0.2, 0.25) is 0 Å². The number of hydrogen-bond donors (Lipinski definition) is 4. The van der Waals surface area contributed by atoms with Crippen LogP contribution in [-0.4, -0.2) is 27.4 Å². The minimum absolute atomic E-state index is 0.0285. The van der Waals surface area contributed by atoms with Gasteiger partial charge in [0.25, 0.3) is 17.1 Å². The Morgan fingerprint density at radius 2 is 1.51 bits per heavy atom. The van der Waals surface area contributed by atoms with E-state index in [-0.39, 0.29) is 39.6 Å². The van der Waals surface area contributed by atoms with E-state index in [0.717, 1.165) is 16.8 Å². The molecule has 0 amide bonds. The van der Waals surface area contributed by atoms with Crippen molar-refractivity contribution in [3.63, 3.8) is 0 Å². The van der Waals surface area contributed by atoms with Gasteiger partial charge in [0.05, 0.1) is 11.1 Å². The molecule has 3 aromatic carbocycles. The van der Waals surface area contributed by atoms with Crippen molar-refractivity contribution in [2.75, 3.05) is 5.32 Å². The van der Waals surface area contributed by atoms with Crippen LogP contribution in [0.5, 0.6) is 5.88 Å². The van der Waals surface area contributed by atoms with Crippen molar-refractivity contribution < 1.29 is 14.7 Å². The number of ketones is 2. The molecule has 5 rings (SSSR count). The zero-order valence-corrected chi connectivity index (χ0v) is 19.9. The molecule has 7 nitrogen and oxygen atoms in total. The second-order valence-electron chi connectivity index (χ2n) is 9.53. The van der Waals surface area contributed by atoms with Gasteiger partial charge in [-0.15, -0.1) is 0 Å². The van der Waals surface area contributed by atoms with Crippen molar-refractivity contribution in [3.8, 4) is 5.88 Å². The summed E-state index contributed by atoms with van der Waals surface area (Å²) in [5.74, 6) is -1.82. The number of aromatic nitrogens is 1. The van der Waals surface area contributed by atoms with Crippen LogP contribution < -0.4 is 16.1 Å². The summed E-state index contributed by atoms with van der Waals surface area (Å²) in [5.41, 5.74) is 1.79. The molecule has 0 saturated carbocycles. The molecule has 35 heavy (non-hydrogen) atoms. The zero-order chi connectivity index (χ0) is 25.2. The second-order valence-corrected chi connectivity index (χ2v) is 9.53. The number of rotatable bonds is 4. The average molecular weight is 468 g/mol. The van der Waals surface area contributed by atoms with Gasteiger partial charge in [0.15, 0.2) is 5.88 Å². The van der Waals surface area contributed by atoms with Crippen molar-refractivity contribution >= 4 is 50.2 Å². The lowest BCUT2D eigenvalue weighted by molar-refractivity contribution is -0.129. The fourth-order valence-electron chi connectivity index (χ4n) is 4.98. The Bertz CT molecular complexity index is 1680. The highest BCUT2D eigenvalue weighted by Crippen LogP contribution is 2.35. The molecule has 0 saturated heterocycles. The van der Waals surface area contributed by atoms with Crippen LogP contribution >= 0.6 is 0 Å².